The Morgan fingerprint density at radius 3 is 3.00 bits per heavy atom. The number of likely N-dealkylation sites (N-methyl/N-ethyl adjacent to an activating group) is 1. The number of rotatable bonds is 4. The van der Waals surface area contributed by atoms with Gasteiger partial charge < -0.3 is 5.11 Å². The monoisotopic (exact) mass is 250 g/mol. The van der Waals surface area contributed by atoms with Crippen LogP contribution in [-0.4, -0.2) is 34.7 Å². The number of benzene rings is 1. The Balaban J connectivity index is 2.12. The van der Waals surface area contributed by atoms with Gasteiger partial charge in [0, 0.05) is 7.05 Å². The number of aliphatic carboxylic acids is 1. The summed E-state index contributed by atoms with van der Waals surface area (Å²) in [5, 5.41) is 17.9. The molecule has 1 heterocycles. The van der Waals surface area contributed by atoms with E-state index in [4.69, 9.17) is 5.11 Å². The van der Waals surface area contributed by atoms with Gasteiger partial charge in [0.15, 0.2) is 0 Å². The third-order valence-corrected chi connectivity index (χ3v) is 2.85. The lowest BCUT2D eigenvalue weighted by molar-refractivity contribution is -0.138. The Bertz CT molecular complexity index is 533. The van der Waals surface area contributed by atoms with Crippen LogP contribution >= 0.6 is 11.3 Å². The summed E-state index contributed by atoms with van der Waals surface area (Å²) in [6.45, 7) is -0.186. The highest BCUT2D eigenvalue weighted by Gasteiger charge is 2.03. The molecule has 1 aromatic carbocycles. The molecule has 0 aliphatic heterocycles. The zero-order valence-electron chi connectivity index (χ0n) is 9.07. The molecule has 0 aliphatic carbocycles. The number of aromatic nitrogens is 1. The van der Waals surface area contributed by atoms with Gasteiger partial charge in [-0.3, -0.25) is 9.80 Å². The van der Waals surface area contributed by atoms with E-state index in [1.54, 1.807) is 7.05 Å². The van der Waals surface area contributed by atoms with Crippen LogP contribution in [0, 0.1) is 0 Å². The smallest absolute Gasteiger partial charge is 0.324 e. The van der Waals surface area contributed by atoms with E-state index in [2.05, 4.69) is 15.3 Å². The van der Waals surface area contributed by atoms with Gasteiger partial charge in [-0.15, -0.1) is 5.11 Å². The summed E-state index contributed by atoms with van der Waals surface area (Å²) >= 11 is 1.41. The fourth-order valence-corrected chi connectivity index (χ4v) is 2.03. The molecule has 2 rings (SSSR count). The van der Waals surface area contributed by atoms with Crippen LogP contribution in [0.4, 0.5) is 5.13 Å². The molecule has 88 valence electrons. The van der Waals surface area contributed by atoms with Gasteiger partial charge in [-0.1, -0.05) is 28.7 Å². The van der Waals surface area contributed by atoms with Crippen LogP contribution in [0.5, 0.6) is 0 Å². The first-order valence-corrected chi connectivity index (χ1v) is 5.67. The van der Waals surface area contributed by atoms with E-state index in [1.165, 1.54) is 16.3 Å². The van der Waals surface area contributed by atoms with E-state index in [-0.39, 0.29) is 6.54 Å². The average Bonchev–Trinajstić information content (AvgIpc) is 2.68. The van der Waals surface area contributed by atoms with Crippen molar-refractivity contribution >= 4 is 32.7 Å². The standard InChI is InChI=1S/C10H10N4O2S/c1-14(6-9(15)16)13-12-10-11-7-4-2-3-5-8(7)17-10/h2-5H,6H2,1H3,(H,15,16)/b13-12+. The summed E-state index contributed by atoms with van der Waals surface area (Å²) in [5.41, 5.74) is 0.868. The molecule has 1 N–H and O–H groups in total. The zero-order valence-corrected chi connectivity index (χ0v) is 9.89. The van der Waals surface area contributed by atoms with Crippen molar-refractivity contribution in [3.05, 3.63) is 24.3 Å². The molecule has 2 aromatic rings. The maximum absolute atomic E-state index is 10.4. The summed E-state index contributed by atoms with van der Waals surface area (Å²) in [7, 11) is 1.55. The van der Waals surface area contributed by atoms with Gasteiger partial charge >= 0.3 is 5.97 Å². The van der Waals surface area contributed by atoms with Crippen molar-refractivity contribution in [2.75, 3.05) is 13.6 Å². The highest BCUT2D eigenvalue weighted by Crippen LogP contribution is 2.27. The van der Waals surface area contributed by atoms with Gasteiger partial charge in [-0.25, -0.2) is 4.98 Å². The molecular weight excluding hydrogens is 240 g/mol. The summed E-state index contributed by atoms with van der Waals surface area (Å²) in [6, 6.07) is 7.68. The second kappa shape index (κ2) is 4.88. The molecular formula is C10H10N4O2S. The minimum atomic E-state index is -0.948. The Morgan fingerprint density at radius 2 is 2.29 bits per heavy atom. The molecule has 0 atom stereocenters. The van der Waals surface area contributed by atoms with E-state index in [9.17, 15) is 4.79 Å². The molecule has 0 unspecified atom stereocenters. The van der Waals surface area contributed by atoms with Gasteiger partial charge in [0.05, 0.1) is 10.2 Å². The van der Waals surface area contributed by atoms with E-state index >= 15 is 0 Å². The minimum absolute atomic E-state index is 0.186. The maximum Gasteiger partial charge on any atom is 0.324 e. The van der Waals surface area contributed by atoms with Gasteiger partial charge in [-0.05, 0) is 12.1 Å². The van der Waals surface area contributed by atoms with Crippen LogP contribution in [0.3, 0.4) is 0 Å². The summed E-state index contributed by atoms with van der Waals surface area (Å²) in [5.74, 6) is -0.948. The quantitative estimate of drug-likeness (QED) is 0.667. The molecule has 0 amide bonds. The number of carboxylic acids is 1. The number of hydrogen-bond donors (Lipinski definition) is 1. The molecule has 6 nitrogen and oxygen atoms in total. The second-order valence-corrected chi connectivity index (χ2v) is 4.37. The van der Waals surface area contributed by atoms with Crippen molar-refractivity contribution < 1.29 is 9.90 Å². The molecule has 0 saturated heterocycles. The van der Waals surface area contributed by atoms with E-state index < -0.39 is 5.97 Å². The fourth-order valence-electron chi connectivity index (χ4n) is 1.24. The number of para-hydroxylation sites is 1. The second-order valence-electron chi connectivity index (χ2n) is 3.36. The fraction of sp³-hybridized carbons (Fsp3) is 0.200. The number of nitrogens with zero attached hydrogens (tertiary/aromatic N) is 4. The summed E-state index contributed by atoms with van der Waals surface area (Å²) in [6.07, 6.45) is 0. The van der Waals surface area contributed by atoms with Gasteiger partial charge in [-0.2, -0.15) is 0 Å². The number of hydrogen-bond acceptors (Lipinski definition) is 5. The Morgan fingerprint density at radius 1 is 1.53 bits per heavy atom. The normalized spacial score (nSPS) is 11.1. The van der Waals surface area contributed by atoms with E-state index in [0.29, 0.717) is 5.13 Å². The lowest BCUT2D eigenvalue weighted by Gasteiger charge is -2.05. The highest BCUT2D eigenvalue weighted by atomic mass is 32.1. The van der Waals surface area contributed by atoms with E-state index in [1.807, 2.05) is 24.3 Å². The molecule has 17 heavy (non-hydrogen) atoms. The van der Waals surface area contributed by atoms with E-state index in [0.717, 1.165) is 10.2 Å². The van der Waals surface area contributed by atoms with Gasteiger partial charge in [0.25, 0.3) is 0 Å². The Labute approximate surface area is 101 Å². The van der Waals surface area contributed by atoms with Gasteiger partial charge in [0.2, 0.25) is 5.13 Å². The summed E-state index contributed by atoms with van der Waals surface area (Å²) < 4.78 is 1.03. The molecule has 0 fully saturated rings. The lowest BCUT2D eigenvalue weighted by atomic mass is 10.3. The first-order valence-electron chi connectivity index (χ1n) is 4.85. The number of carbonyl (C=O) groups is 1. The van der Waals surface area contributed by atoms with Crippen molar-refractivity contribution in [2.45, 2.75) is 0 Å². The minimum Gasteiger partial charge on any atom is -0.480 e. The zero-order chi connectivity index (χ0) is 12.3. The SMILES string of the molecule is CN(CC(=O)O)/N=N/c1nc2ccccc2s1. The third kappa shape index (κ3) is 2.97. The molecule has 0 spiro atoms. The van der Waals surface area contributed by atoms with Crippen molar-refractivity contribution in [3.63, 3.8) is 0 Å². The topological polar surface area (TPSA) is 78.2 Å². The Kier molecular flexibility index (Phi) is 3.29. The lowest BCUT2D eigenvalue weighted by Crippen LogP contribution is -2.19. The predicted molar refractivity (Wildman–Crippen MR) is 64.4 cm³/mol. The number of thiazole rings is 1. The van der Waals surface area contributed by atoms with Crippen LogP contribution in [0.15, 0.2) is 34.6 Å². The maximum atomic E-state index is 10.4. The molecule has 1 aromatic heterocycles. The predicted octanol–water partition coefficient (Wildman–Crippen LogP) is 2.31. The Hall–Kier alpha value is -2.02. The molecule has 0 saturated carbocycles. The largest absolute Gasteiger partial charge is 0.480 e. The first-order chi connectivity index (χ1) is 8.15. The van der Waals surface area contributed by atoms with Crippen molar-refractivity contribution in [3.8, 4) is 0 Å². The molecule has 0 radical (unpaired) electrons. The molecule has 0 bridgehead atoms. The van der Waals surface area contributed by atoms with Crippen LogP contribution in [-0.2, 0) is 4.79 Å². The number of fused-ring (bicyclic) bond motifs is 1. The van der Waals surface area contributed by atoms with Crippen LogP contribution < -0.4 is 0 Å². The van der Waals surface area contributed by atoms with Crippen LogP contribution in [0.2, 0.25) is 0 Å². The third-order valence-electron chi connectivity index (χ3n) is 1.93. The molecule has 7 heteroatoms. The molecule has 0 aliphatic rings. The summed E-state index contributed by atoms with van der Waals surface area (Å²) in [4.78, 5) is 14.7. The van der Waals surface area contributed by atoms with Crippen LogP contribution in [0.1, 0.15) is 0 Å². The first kappa shape index (κ1) is 11.5. The average molecular weight is 250 g/mol. The van der Waals surface area contributed by atoms with Crippen molar-refractivity contribution in [1.82, 2.24) is 9.99 Å². The number of carboxylic acid groups (broad SMARTS) is 1. The van der Waals surface area contributed by atoms with Gasteiger partial charge in [0.1, 0.15) is 6.54 Å². The highest BCUT2D eigenvalue weighted by molar-refractivity contribution is 7.21. The van der Waals surface area contributed by atoms with Crippen molar-refractivity contribution in [2.24, 2.45) is 10.3 Å². The van der Waals surface area contributed by atoms with Crippen molar-refractivity contribution in [1.29, 1.82) is 0 Å². The van der Waals surface area contributed by atoms with Crippen LogP contribution in [0.25, 0.3) is 10.2 Å².